The molecule has 0 heterocycles. The summed E-state index contributed by atoms with van der Waals surface area (Å²) in [5.74, 6) is -1.62. The molecule has 0 aliphatic carbocycles. The number of nitrogens with one attached hydrogen (secondary N) is 1. The molecule has 0 amide bonds. The number of methoxy groups -OCH3 is 1. The van der Waals surface area contributed by atoms with E-state index < -0.39 is 11.6 Å². The molecule has 1 aromatic rings. The van der Waals surface area contributed by atoms with Crippen molar-refractivity contribution in [2.24, 2.45) is 0 Å². The molecule has 0 saturated carbocycles. The van der Waals surface area contributed by atoms with Crippen LogP contribution in [0.3, 0.4) is 0 Å². The Kier molecular flexibility index (Phi) is 4.69. The van der Waals surface area contributed by atoms with E-state index in [9.17, 15) is 13.6 Å². The fourth-order valence-electron chi connectivity index (χ4n) is 1.21. The van der Waals surface area contributed by atoms with Gasteiger partial charge in [0.25, 0.3) is 0 Å². The third-order valence-electron chi connectivity index (χ3n) is 2.05. The van der Waals surface area contributed by atoms with Crippen molar-refractivity contribution in [2.45, 2.75) is 12.8 Å². The average Bonchev–Trinajstić information content (AvgIpc) is 2.27. The first-order valence-electron chi connectivity index (χ1n) is 4.90. The van der Waals surface area contributed by atoms with E-state index in [1.807, 2.05) is 0 Å². The fourth-order valence-corrected chi connectivity index (χ4v) is 1.21. The summed E-state index contributed by atoms with van der Waals surface area (Å²) in [6, 6.07) is 3.64. The van der Waals surface area contributed by atoms with Gasteiger partial charge in [-0.3, -0.25) is 4.79 Å². The summed E-state index contributed by atoms with van der Waals surface area (Å²) in [7, 11) is 1.30. The highest BCUT2D eigenvalue weighted by atomic mass is 19.1. The largest absolute Gasteiger partial charge is 0.469 e. The second-order valence-corrected chi connectivity index (χ2v) is 3.20. The van der Waals surface area contributed by atoms with Crippen molar-refractivity contribution in [3.8, 4) is 0 Å². The van der Waals surface area contributed by atoms with Crippen LogP contribution in [0.15, 0.2) is 18.2 Å². The molecule has 1 rings (SSSR count). The van der Waals surface area contributed by atoms with Crippen LogP contribution in [0, 0.1) is 11.6 Å². The predicted octanol–water partition coefficient (Wildman–Crippen LogP) is 2.33. The standard InChI is InChI=1S/C11H13F2NO2/c1-16-10(15)6-3-7-14-11-8(12)4-2-5-9(11)13/h2,4-5,14H,3,6-7H2,1H3. The maximum Gasteiger partial charge on any atom is 0.305 e. The van der Waals surface area contributed by atoms with Gasteiger partial charge in [0.15, 0.2) is 0 Å². The third-order valence-corrected chi connectivity index (χ3v) is 2.05. The molecule has 3 nitrogen and oxygen atoms in total. The van der Waals surface area contributed by atoms with E-state index in [2.05, 4.69) is 10.1 Å². The van der Waals surface area contributed by atoms with Crippen LogP contribution in [0.25, 0.3) is 0 Å². The summed E-state index contributed by atoms with van der Waals surface area (Å²) in [5, 5.41) is 2.60. The maximum atomic E-state index is 13.1. The van der Waals surface area contributed by atoms with Crippen molar-refractivity contribution in [1.82, 2.24) is 0 Å². The number of esters is 1. The van der Waals surface area contributed by atoms with Gasteiger partial charge in [-0.15, -0.1) is 0 Å². The van der Waals surface area contributed by atoms with E-state index in [1.54, 1.807) is 0 Å². The molecule has 0 atom stereocenters. The number of hydrogen-bond donors (Lipinski definition) is 1. The molecule has 0 aliphatic rings. The number of ether oxygens (including phenoxy) is 1. The molecule has 0 spiro atoms. The van der Waals surface area contributed by atoms with Gasteiger partial charge in [-0.1, -0.05) is 6.07 Å². The van der Waals surface area contributed by atoms with Gasteiger partial charge < -0.3 is 10.1 Å². The van der Waals surface area contributed by atoms with Crippen LogP contribution >= 0.6 is 0 Å². The minimum absolute atomic E-state index is 0.160. The van der Waals surface area contributed by atoms with Crippen LogP contribution in [0.2, 0.25) is 0 Å². The highest BCUT2D eigenvalue weighted by Crippen LogP contribution is 2.17. The maximum absolute atomic E-state index is 13.1. The SMILES string of the molecule is COC(=O)CCCNc1c(F)cccc1F. The molecule has 0 unspecified atom stereocenters. The smallest absolute Gasteiger partial charge is 0.305 e. The second-order valence-electron chi connectivity index (χ2n) is 3.20. The molecule has 0 aliphatic heterocycles. The van der Waals surface area contributed by atoms with Crippen molar-refractivity contribution < 1.29 is 18.3 Å². The Balaban J connectivity index is 2.40. The topological polar surface area (TPSA) is 38.3 Å². The van der Waals surface area contributed by atoms with Crippen molar-refractivity contribution in [2.75, 3.05) is 19.0 Å². The molecule has 16 heavy (non-hydrogen) atoms. The molecular weight excluding hydrogens is 216 g/mol. The van der Waals surface area contributed by atoms with Gasteiger partial charge in [-0.2, -0.15) is 0 Å². The summed E-state index contributed by atoms with van der Waals surface area (Å²) in [4.78, 5) is 10.8. The number of hydrogen-bond acceptors (Lipinski definition) is 3. The summed E-state index contributed by atoms with van der Waals surface area (Å²) in [6.45, 7) is 0.312. The van der Waals surface area contributed by atoms with Gasteiger partial charge in [0.2, 0.25) is 0 Å². The first kappa shape index (κ1) is 12.4. The number of anilines is 1. The van der Waals surface area contributed by atoms with Gasteiger partial charge >= 0.3 is 5.97 Å². The van der Waals surface area contributed by atoms with Crippen LogP contribution in [0.1, 0.15) is 12.8 Å². The number of rotatable bonds is 5. The van der Waals surface area contributed by atoms with Crippen LogP contribution < -0.4 is 5.32 Å². The highest BCUT2D eigenvalue weighted by molar-refractivity contribution is 5.69. The first-order chi connectivity index (χ1) is 7.65. The van der Waals surface area contributed by atoms with Gasteiger partial charge in [-0.05, 0) is 18.6 Å². The lowest BCUT2D eigenvalue weighted by molar-refractivity contribution is -0.140. The Morgan fingerprint density at radius 1 is 1.38 bits per heavy atom. The predicted molar refractivity (Wildman–Crippen MR) is 56.1 cm³/mol. The van der Waals surface area contributed by atoms with Crippen LogP contribution in [-0.4, -0.2) is 19.6 Å². The molecule has 0 saturated heterocycles. The van der Waals surface area contributed by atoms with Crippen molar-refractivity contribution in [3.05, 3.63) is 29.8 Å². The average molecular weight is 229 g/mol. The van der Waals surface area contributed by atoms with E-state index in [-0.39, 0.29) is 18.1 Å². The Hall–Kier alpha value is -1.65. The summed E-state index contributed by atoms with van der Waals surface area (Å²) in [6.07, 6.45) is 0.681. The lowest BCUT2D eigenvalue weighted by Crippen LogP contribution is -2.08. The van der Waals surface area contributed by atoms with E-state index in [0.29, 0.717) is 13.0 Å². The van der Waals surface area contributed by atoms with Crippen LogP contribution in [-0.2, 0) is 9.53 Å². The summed E-state index contributed by atoms with van der Waals surface area (Å²) in [5.41, 5.74) is -0.160. The normalized spacial score (nSPS) is 9.94. The Morgan fingerprint density at radius 3 is 2.56 bits per heavy atom. The Morgan fingerprint density at radius 2 is 2.00 bits per heavy atom. The number of benzene rings is 1. The Bertz CT molecular complexity index is 349. The molecule has 88 valence electrons. The zero-order valence-electron chi connectivity index (χ0n) is 8.93. The van der Waals surface area contributed by atoms with Gasteiger partial charge in [0.05, 0.1) is 7.11 Å². The minimum Gasteiger partial charge on any atom is -0.469 e. The number of halogens is 2. The van der Waals surface area contributed by atoms with Gasteiger partial charge in [-0.25, -0.2) is 8.78 Å². The Labute approximate surface area is 92.4 Å². The van der Waals surface area contributed by atoms with Crippen molar-refractivity contribution >= 4 is 11.7 Å². The zero-order valence-corrected chi connectivity index (χ0v) is 8.93. The lowest BCUT2D eigenvalue weighted by Gasteiger charge is -2.07. The van der Waals surface area contributed by atoms with Gasteiger partial charge in [0.1, 0.15) is 17.3 Å². The van der Waals surface area contributed by atoms with E-state index in [0.717, 1.165) is 0 Å². The molecule has 1 aromatic carbocycles. The van der Waals surface area contributed by atoms with Crippen molar-refractivity contribution in [3.63, 3.8) is 0 Å². The molecule has 0 bridgehead atoms. The molecule has 0 aromatic heterocycles. The van der Waals surface area contributed by atoms with E-state index >= 15 is 0 Å². The van der Waals surface area contributed by atoms with Crippen LogP contribution in [0.4, 0.5) is 14.5 Å². The third kappa shape index (κ3) is 3.49. The first-order valence-corrected chi connectivity index (χ1v) is 4.90. The molecule has 0 fully saturated rings. The number of para-hydroxylation sites is 1. The summed E-state index contributed by atoms with van der Waals surface area (Å²) >= 11 is 0. The lowest BCUT2D eigenvalue weighted by atomic mass is 10.2. The molecular formula is C11H13F2NO2. The fraction of sp³-hybridized carbons (Fsp3) is 0.364. The quantitative estimate of drug-likeness (QED) is 0.622. The zero-order chi connectivity index (χ0) is 12.0. The van der Waals surface area contributed by atoms with E-state index in [1.165, 1.54) is 25.3 Å². The minimum atomic E-state index is -0.641. The monoisotopic (exact) mass is 229 g/mol. The number of carbonyl (C=O) groups excluding carboxylic acids is 1. The molecule has 5 heteroatoms. The van der Waals surface area contributed by atoms with Gasteiger partial charge in [0, 0.05) is 13.0 Å². The van der Waals surface area contributed by atoms with Crippen molar-refractivity contribution in [1.29, 1.82) is 0 Å². The summed E-state index contributed by atoms with van der Waals surface area (Å²) < 4.78 is 30.7. The van der Waals surface area contributed by atoms with Crippen LogP contribution in [0.5, 0.6) is 0 Å². The number of carbonyl (C=O) groups is 1. The highest BCUT2D eigenvalue weighted by Gasteiger charge is 2.07. The second kappa shape index (κ2) is 6.05. The molecule has 1 N–H and O–H groups in total. The molecule has 0 radical (unpaired) electrons. The van der Waals surface area contributed by atoms with E-state index in [4.69, 9.17) is 0 Å².